The van der Waals surface area contributed by atoms with Gasteiger partial charge < -0.3 is 4.74 Å². The highest BCUT2D eigenvalue weighted by molar-refractivity contribution is 7.99. The fourth-order valence-electron chi connectivity index (χ4n) is 1.13. The molecule has 3 nitrogen and oxygen atoms in total. The molecule has 0 aliphatic rings. The highest BCUT2D eigenvalue weighted by atomic mass is 32.2. The van der Waals surface area contributed by atoms with Crippen molar-refractivity contribution in [2.45, 2.75) is 18.1 Å². The van der Waals surface area contributed by atoms with Crippen LogP contribution in [0.25, 0.3) is 0 Å². The number of carbonyl (C=O) groups is 1. The summed E-state index contributed by atoms with van der Waals surface area (Å²) in [6, 6.07) is 2.28. The molecule has 0 aliphatic carbocycles. The molecule has 0 fully saturated rings. The van der Waals surface area contributed by atoms with E-state index in [1.807, 2.05) is 0 Å². The average molecular weight is 291 g/mol. The molecular formula is C12H12F3NO2S. The number of hydrogen-bond acceptors (Lipinski definition) is 4. The van der Waals surface area contributed by atoms with Crippen LogP contribution in [0.4, 0.5) is 13.2 Å². The van der Waals surface area contributed by atoms with Crippen molar-refractivity contribution in [3.05, 3.63) is 35.5 Å². The standard InChI is InChI=1S/C12H12F3NO2S/c1-8(11(17)18-2)5-6-19-10-4-3-9(7-16-10)12(13,14)15/h3-5,7H,6H2,1-2H3. The van der Waals surface area contributed by atoms with Crippen molar-refractivity contribution in [2.24, 2.45) is 0 Å². The Morgan fingerprint density at radius 3 is 2.63 bits per heavy atom. The number of esters is 1. The maximum atomic E-state index is 12.3. The minimum atomic E-state index is -4.38. The zero-order chi connectivity index (χ0) is 14.5. The Morgan fingerprint density at radius 2 is 2.16 bits per heavy atom. The van der Waals surface area contributed by atoms with E-state index in [-0.39, 0.29) is 0 Å². The number of thioether (sulfide) groups is 1. The molecule has 1 aromatic rings. The molecule has 0 aromatic carbocycles. The number of ether oxygens (including phenoxy) is 1. The zero-order valence-corrected chi connectivity index (χ0v) is 11.1. The average Bonchev–Trinajstić information content (AvgIpc) is 2.37. The lowest BCUT2D eigenvalue weighted by Crippen LogP contribution is -2.05. The van der Waals surface area contributed by atoms with Gasteiger partial charge in [0.2, 0.25) is 0 Å². The van der Waals surface area contributed by atoms with Crippen LogP contribution in [0.15, 0.2) is 35.0 Å². The largest absolute Gasteiger partial charge is 0.466 e. The molecule has 1 rings (SSSR count). The minimum Gasteiger partial charge on any atom is -0.466 e. The quantitative estimate of drug-likeness (QED) is 0.485. The lowest BCUT2D eigenvalue weighted by Gasteiger charge is -2.06. The van der Waals surface area contributed by atoms with Crippen LogP contribution in [-0.2, 0) is 15.7 Å². The van der Waals surface area contributed by atoms with Crippen LogP contribution in [0.3, 0.4) is 0 Å². The van der Waals surface area contributed by atoms with E-state index in [0.717, 1.165) is 12.3 Å². The molecule has 0 saturated heterocycles. The van der Waals surface area contributed by atoms with Gasteiger partial charge in [0.15, 0.2) is 0 Å². The Bertz CT molecular complexity index is 469. The first kappa shape index (κ1) is 15.6. The Balaban J connectivity index is 2.58. The maximum absolute atomic E-state index is 12.3. The number of hydrogen-bond donors (Lipinski definition) is 0. The second kappa shape index (κ2) is 6.60. The second-order valence-corrected chi connectivity index (χ2v) is 4.61. The summed E-state index contributed by atoms with van der Waals surface area (Å²) >= 11 is 1.23. The van der Waals surface area contributed by atoms with Crippen molar-refractivity contribution in [3.63, 3.8) is 0 Å². The summed E-state index contributed by atoms with van der Waals surface area (Å²) in [6.07, 6.45) is -1.95. The molecule has 104 valence electrons. The van der Waals surface area contributed by atoms with Gasteiger partial charge in [-0.15, -0.1) is 11.8 Å². The predicted molar refractivity (Wildman–Crippen MR) is 65.7 cm³/mol. The van der Waals surface area contributed by atoms with Crippen molar-refractivity contribution in [1.82, 2.24) is 4.98 Å². The Labute approximate surface area is 112 Å². The Kier molecular flexibility index (Phi) is 5.41. The maximum Gasteiger partial charge on any atom is 0.417 e. The number of pyridine rings is 1. The summed E-state index contributed by atoms with van der Waals surface area (Å²) in [6.45, 7) is 1.60. The number of rotatable bonds is 4. The first-order valence-electron chi connectivity index (χ1n) is 5.25. The summed E-state index contributed by atoms with van der Waals surface area (Å²) in [7, 11) is 1.28. The van der Waals surface area contributed by atoms with Gasteiger partial charge in [0.25, 0.3) is 0 Å². The van der Waals surface area contributed by atoms with Crippen LogP contribution in [0.1, 0.15) is 12.5 Å². The lowest BCUT2D eigenvalue weighted by molar-refractivity contribution is -0.138. The molecule has 0 amide bonds. The van der Waals surface area contributed by atoms with E-state index in [0.29, 0.717) is 16.4 Å². The van der Waals surface area contributed by atoms with E-state index in [1.54, 1.807) is 13.0 Å². The van der Waals surface area contributed by atoms with E-state index >= 15 is 0 Å². The molecule has 0 unspecified atom stereocenters. The van der Waals surface area contributed by atoms with Gasteiger partial charge in [-0.25, -0.2) is 9.78 Å². The molecule has 0 aliphatic heterocycles. The van der Waals surface area contributed by atoms with Gasteiger partial charge in [-0.2, -0.15) is 13.2 Å². The van der Waals surface area contributed by atoms with Crippen LogP contribution in [0.5, 0.6) is 0 Å². The van der Waals surface area contributed by atoms with Gasteiger partial charge in [0.05, 0.1) is 17.7 Å². The monoisotopic (exact) mass is 291 g/mol. The highest BCUT2D eigenvalue weighted by Gasteiger charge is 2.30. The summed E-state index contributed by atoms with van der Waals surface area (Å²) in [5.41, 5.74) is -0.333. The molecule has 0 N–H and O–H groups in total. The summed E-state index contributed by atoms with van der Waals surface area (Å²) in [5.74, 6) is 0.000209. The Morgan fingerprint density at radius 1 is 1.47 bits per heavy atom. The first-order valence-corrected chi connectivity index (χ1v) is 6.24. The summed E-state index contributed by atoms with van der Waals surface area (Å²) in [4.78, 5) is 14.8. The third-order valence-corrected chi connectivity index (χ3v) is 3.06. The topological polar surface area (TPSA) is 39.2 Å². The molecular weight excluding hydrogens is 279 g/mol. The fourth-order valence-corrected chi connectivity index (χ4v) is 1.93. The zero-order valence-electron chi connectivity index (χ0n) is 10.3. The highest BCUT2D eigenvalue weighted by Crippen LogP contribution is 2.29. The molecule has 1 aromatic heterocycles. The number of alkyl halides is 3. The van der Waals surface area contributed by atoms with Crippen LogP contribution in [-0.4, -0.2) is 23.8 Å². The summed E-state index contributed by atoms with van der Waals surface area (Å²) < 4.78 is 41.4. The van der Waals surface area contributed by atoms with Crippen molar-refractivity contribution in [3.8, 4) is 0 Å². The van der Waals surface area contributed by atoms with Crippen molar-refractivity contribution in [1.29, 1.82) is 0 Å². The number of carbonyl (C=O) groups excluding carboxylic acids is 1. The SMILES string of the molecule is COC(=O)C(C)=CCSc1ccc(C(F)(F)F)cn1. The van der Waals surface area contributed by atoms with Gasteiger partial charge in [-0.1, -0.05) is 6.08 Å². The van der Waals surface area contributed by atoms with Gasteiger partial charge in [0.1, 0.15) is 0 Å². The van der Waals surface area contributed by atoms with E-state index in [9.17, 15) is 18.0 Å². The van der Waals surface area contributed by atoms with Crippen LogP contribution in [0, 0.1) is 0 Å². The third-order valence-electron chi connectivity index (χ3n) is 2.19. The summed E-state index contributed by atoms with van der Waals surface area (Å²) in [5, 5.41) is 0.460. The molecule has 0 radical (unpaired) electrons. The third kappa shape index (κ3) is 4.94. The van der Waals surface area contributed by atoms with Crippen molar-refractivity contribution in [2.75, 3.05) is 12.9 Å². The number of halogens is 3. The van der Waals surface area contributed by atoms with Crippen molar-refractivity contribution >= 4 is 17.7 Å². The first-order chi connectivity index (χ1) is 8.84. The predicted octanol–water partition coefficient (Wildman–Crippen LogP) is 3.31. The van der Waals surface area contributed by atoms with Gasteiger partial charge >= 0.3 is 12.1 Å². The molecule has 0 spiro atoms. The number of aromatic nitrogens is 1. The van der Waals surface area contributed by atoms with Crippen LogP contribution < -0.4 is 0 Å². The van der Waals surface area contributed by atoms with Crippen molar-refractivity contribution < 1.29 is 22.7 Å². The normalized spacial score (nSPS) is 12.4. The minimum absolute atomic E-state index is 0.430. The fraction of sp³-hybridized carbons (Fsp3) is 0.333. The van der Waals surface area contributed by atoms with Gasteiger partial charge in [-0.3, -0.25) is 0 Å². The Hall–Kier alpha value is -1.50. The van der Waals surface area contributed by atoms with Gasteiger partial charge in [0, 0.05) is 17.5 Å². The van der Waals surface area contributed by atoms with Gasteiger partial charge in [-0.05, 0) is 19.1 Å². The van der Waals surface area contributed by atoms with Crippen LogP contribution >= 0.6 is 11.8 Å². The van der Waals surface area contributed by atoms with Crippen LogP contribution in [0.2, 0.25) is 0 Å². The molecule has 0 bridgehead atoms. The van der Waals surface area contributed by atoms with E-state index < -0.39 is 17.7 Å². The molecule has 19 heavy (non-hydrogen) atoms. The van der Waals surface area contributed by atoms with E-state index in [1.165, 1.54) is 24.9 Å². The van der Waals surface area contributed by atoms with E-state index in [4.69, 9.17) is 0 Å². The van der Waals surface area contributed by atoms with E-state index in [2.05, 4.69) is 9.72 Å². The molecule has 1 heterocycles. The molecule has 7 heteroatoms. The smallest absolute Gasteiger partial charge is 0.417 e. The molecule has 0 saturated carbocycles. The number of nitrogens with zero attached hydrogens (tertiary/aromatic N) is 1. The second-order valence-electron chi connectivity index (χ2n) is 3.57. The lowest BCUT2D eigenvalue weighted by atomic mass is 10.3. The number of methoxy groups -OCH3 is 1. The molecule has 0 atom stereocenters.